The molecule has 3 rings (SSSR count). The number of hydrogen-bond donors (Lipinski definition) is 1. The lowest BCUT2D eigenvalue weighted by Crippen LogP contribution is -1.91. The molecule has 0 aliphatic carbocycles. The molecule has 0 unspecified atom stereocenters. The van der Waals surface area contributed by atoms with Crippen LogP contribution >= 0.6 is 39.9 Å². The van der Waals surface area contributed by atoms with Gasteiger partial charge in [0.15, 0.2) is 5.13 Å². The Bertz CT molecular complexity index is 731. The number of anilines is 2. The minimum Gasteiger partial charge on any atom is -0.316 e. The maximum Gasteiger partial charge on any atom is 0.189 e. The smallest absolute Gasteiger partial charge is 0.189 e. The third-order valence-electron chi connectivity index (χ3n) is 2.79. The summed E-state index contributed by atoms with van der Waals surface area (Å²) in [6.07, 6.45) is 1.75. The van der Waals surface area contributed by atoms with E-state index in [0.29, 0.717) is 5.02 Å². The van der Waals surface area contributed by atoms with Crippen LogP contribution in [-0.2, 0) is 0 Å². The monoisotopic (exact) mass is 381 g/mol. The molecule has 0 aliphatic heterocycles. The summed E-state index contributed by atoms with van der Waals surface area (Å²) in [6.45, 7) is 2.05. The summed E-state index contributed by atoms with van der Waals surface area (Å²) in [4.78, 5) is 10.0. The number of hydrogen-bond acceptors (Lipinski definition) is 4. The Morgan fingerprint density at radius 2 is 2.00 bits per heavy atom. The van der Waals surface area contributed by atoms with E-state index in [0.717, 1.165) is 27.1 Å². The van der Waals surface area contributed by atoms with Gasteiger partial charge in [-0.1, -0.05) is 29.8 Å². The maximum atomic E-state index is 6.03. The summed E-state index contributed by atoms with van der Waals surface area (Å²) < 4.78 is 0. The van der Waals surface area contributed by atoms with E-state index in [1.807, 2.05) is 42.5 Å². The van der Waals surface area contributed by atoms with E-state index in [9.17, 15) is 0 Å². The van der Waals surface area contributed by atoms with Crippen LogP contribution in [0.3, 0.4) is 0 Å². The summed E-state index contributed by atoms with van der Waals surface area (Å²) in [6, 6.07) is 13.5. The first kappa shape index (κ1) is 15.9. The number of benzene rings is 1. The number of nitrogens with one attached hydrogen (secondary N) is 1. The van der Waals surface area contributed by atoms with E-state index < -0.39 is 0 Å². The van der Waals surface area contributed by atoms with Crippen molar-refractivity contribution in [3.8, 4) is 11.3 Å². The second kappa shape index (κ2) is 7.02. The predicted molar refractivity (Wildman–Crippen MR) is 95.1 cm³/mol. The Morgan fingerprint density at radius 1 is 1.14 bits per heavy atom. The first-order chi connectivity index (χ1) is 9.72. The molecule has 0 radical (unpaired) electrons. The van der Waals surface area contributed by atoms with Crippen molar-refractivity contribution in [1.29, 1.82) is 0 Å². The number of thiazole rings is 1. The molecule has 0 atom stereocenters. The van der Waals surface area contributed by atoms with Crippen LogP contribution < -0.4 is 5.32 Å². The fourth-order valence-corrected chi connectivity index (χ4v) is 2.93. The van der Waals surface area contributed by atoms with Crippen LogP contribution in [-0.4, -0.2) is 9.97 Å². The molecule has 21 heavy (non-hydrogen) atoms. The van der Waals surface area contributed by atoms with Gasteiger partial charge < -0.3 is 5.32 Å². The number of rotatable bonds is 3. The molecular formula is C15H13BrClN3S. The lowest BCUT2D eigenvalue weighted by atomic mass is 10.1. The molecule has 3 aromatic rings. The summed E-state index contributed by atoms with van der Waals surface area (Å²) in [5, 5.41) is 4.76. The summed E-state index contributed by atoms with van der Waals surface area (Å²) in [5.41, 5.74) is 1.98. The largest absolute Gasteiger partial charge is 0.316 e. The molecule has 0 saturated carbocycles. The zero-order valence-electron chi connectivity index (χ0n) is 11.2. The van der Waals surface area contributed by atoms with Gasteiger partial charge in [0.05, 0.1) is 5.69 Å². The van der Waals surface area contributed by atoms with Crippen molar-refractivity contribution in [2.75, 3.05) is 5.32 Å². The average molecular weight is 383 g/mol. The van der Waals surface area contributed by atoms with E-state index in [1.54, 1.807) is 17.5 Å². The van der Waals surface area contributed by atoms with Gasteiger partial charge in [-0.05, 0) is 31.2 Å². The Kier molecular flexibility index (Phi) is 5.33. The van der Waals surface area contributed by atoms with E-state index in [-0.39, 0.29) is 17.0 Å². The van der Waals surface area contributed by atoms with Crippen molar-refractivity contribution < 1.29 is 0 Å². The van der Waals surface area contributed by atoms with Crippen LogP contribution in [0.1, 0.15) is 4.88 Å². The molecule has 1 N–H and O–H groups in total. The molecule has 0 spiro atoms. The summed E-state index contributed by atoms with van der Waals surface area (Å²) >= 11 is 7.64. The summed E-state index contributed by atoms with van der Waals surface area (Å²) in [7, 11) is 0. The van der Waals surface area contributed by atoms with Crippen LogP contribution in [0.15, 0.2) is 48.7 Å². The van der Waals surface area contributed by atoms with Crippen molar-refractivity contribution in [3.05, 3.63) is 58.6 Å². The van der Waals surface area contributed by atoms with E-state index >= 15 is 0 Å². The van der Waals surface area contributed by atoms with Gasteiger partial charge in [0, 0.05) is 21.7 Å². The Balaban J connectivity index is 0.00000161. The second-order valence-corrected chi connectivity index (χ2v) is 5.91. The van der Waals surface area contributed by atoms with Gasteiger partial charge in [0.2, 0.25) is 0 Å². The number of aryl methyl sites for hydroxylation is 1. The third-order valence-corrected chi connectivity index (χ3v) is 3.92. The van der Waals surface area contributed by atoms with Crippen molar-refractivity contribution in [3.63, 3.8) is 0 Å². The standard InChI is InChI=1S/C15H12ClN3S.BrH/c1-10-14(11-5-4-6-12(16)9-11)19-15(20-10)18-13-7-2-3-8-17-13;/h2-9H,1H3,(H,17,18,19);1H. The van der Waals surface area contributed by atoms with Crippen molar-refractivity contribution in [1.82, 2.24) is 9.97 Å². The number of halogens is 2. The van der Waals surface area contributed by atoms with Gasteiger partial charge in [-0.15, -0.1) is 28.3 Å². The third kappa shape index (κ3) is 3.81. The molecule has 0 amide bonds. The van der Waals surface area contributed by atoms with Gasteiger partial charge >= 0.3 is 0 Å². The molecule has 2 heterocycles. The molecule has 3 nitrogen and oxygen atoms in total. The first-order valence-corrected chi connectivity index (χ1v) is 7.33. The van der Waals surface area contributed by atoms with Crippen LogP contribution in [0.2, 0.25) is 5.02 Å². The van der Waals surface area contributed by atoms with Gasteiger partial charge in [0.1, 0.15) is 5.82 Å². The number of aromatic nitrogens is 2. The van der Waals surface area contributed by atoms with Crippen LogP contribution in [0.5, 0.6) is 0 Å². The molecule has 1 aromatic carbocycles. The SMILES string of the molecule is Br.Cc1sc(Nc2ccccn2)nc1-c1cccc(Cl)c1. The Morgan fingerprint density at radius 3 is 2.71 bits per heavy atom. The fourth-order valence-electron chi connectivity index (χ4n) is 1.90. The highest BCUT2D eigenvalue weighted by Gasteiger charge is 2.10. The van der Waals surface area contributed by atoms with Gasteiger partial charge in [-0.3, -0.25) is 0 Å². The minimum absolute atomic E-state index is 0. The first-order valence-electron chi connectivity index (χ1n) is 6.14. The average Bonchev–Trinajstić information content (AvgIpc) is 2.81. The zero-order chi connectivity index (χ0) is 13.9. The second-order valence-electron chi connectivity index (χ2n) is 4.27. The highest BCUT2D eigenvalue weighted by molar-refractivity contribution is 8.93. The number of pyridine rings is 1. The van der Waals surface area contributed by atoms with Crippen LogP contribution in [0.4, 0.5) is 10.9 Å². The normalized spacial score (nSPS) is 10.0. The highest BCUT2D eigenvalue weighted by atomic mass is 79.9. The molecular weight excluding hydrogens is 370 g/mol. The van der Waals surface area contributed by atoms with Crippen molar-refractivity contribution in [2.45, 2.75) is 6.92 Å². The van der Waals surface area contributed by atoms with Crippen LogP contribution in [0.25, 0.3) is 11.3 Å². The van der Waals surface area contributed by atoms with E-state index in [4.69, 9.17) is 11.6 Å². The Labute approximate surface area is 142 Å². The van der Waals surface area contributed by atoms with E-state index in [2.05, 4.69) is 22.2 Å². The Hall–Kier alpha value is -1.43. The predicted octanol–water partition coefficient (Wildman–Crippen LogP) is 5.49. The quantitative estimate of drug-likeness (QED) is 0.651. The fraction of sp³-hybridized carbons (Fsp3) is 0.0667. The lowest BCUT2D eigenvalue weighted by molar-refractivity contribution is 1.28. The molecule has 0 aliphatic rings. The van der Waals surface area contributed by atoms with Gasteiger partial charge in [-0.25, -0.2) is 9.97 Å². The molecule has 2 aromatic heterocycles. The zero-order valence-corrected chi connectivity index (χ0v) is 14.5. The molecule has 108 valence electrons. The topological polar surface area (TPSA) is 37.8 Å². The maximum absolute atomic E-state index is 6.03. The molecule has 0 fully saturated rings. The summed E-state index contributed by atoms with van der Waals surface area (Å²) in [5.74, 6) is 0.791. The molecule has 0 saturated heterocycles. The van der Waals surface area contributed by atoms with Gasteiger partial charge in [-0.2, -0.15) is 0 Å². The molecule has 6 heteroatoms. The van der Waals surface area contributed by atoms with Gasteiger partial charge in [0.25, 0.3) is 0 Å². The van der Waals surface area contributed by atoms with Crippen molar-refractivity contribution in [2.24, 2.45) is 0 Å². The minimum atomic E-state index is 0. The van der Waals surface area contributed by atoms with Crippen molar-refractivity contribution >= 4 is 50.9 Å². The number of nitrogens with zero attached hydrogens (tertiary/aromatic N) is 2. The highest BCUT2D eigenvalue weighted by Crippen LogP contribution is 2.32. The lowest BCUT2D eigenvalue weighted by Gasteiger charge is -2.00. The van der Waals surface area contributed by atoms with E-state index in [1.165, 1.54) is 0 Å². The van der Waals surface area contributed by atoms with Crippen LogP contribution in [0, 0.1) is 6.92 Å². The molecule has 0 bridgehead atoms.